The van der Waals surface area contributed by atoms with Gasteiger partial charge >= 0.3 is 5.97 Å². The second kappa shape index (κ2) is 5.57. The first-order valence-electron chi connectivity index (χ1n) is 5.46. The zero-order chi connectivity index (χ0) is 13.0. The van der Waals surface area contributed by atoms with Crippen molar-refractivity contribution in [2.75, 3.05) is 14.2 Å². The summed E-state index contributed by atoms with van der Waals surface area (Å²) in [5, 5.41) is 8.86. The van der Waals surface area contributed by atoms with Crippen LogP contribution in [0, 0.1) is 0 Å². The first-order valence-corrected chi connectivity index (χ1v) is 5.46. The Morgan fingerprint density at radius 2 is 1.82 bits per heavy atom. The number of methoxy groups -OCH3 is 2. The van der Waals surface area contributed by atoms with Crippen LogP contribution in [0.25, 0.3) is 0 Å². The summed E-state index contributed by atoms with van der Waals surface area (Å²) in [4.78, 5) is 10.8. The highest BCUT2D eigenvalue weighted by Crippen LogP contribution is 2.33. The summed E-state index contributed by atoms with van der Waals surface area (Å²) in [5.41, 5.74) is 1.66. The molecule has 0 aromatic heterocycles. The molecule has 0 aliphatic heterocycles. The fourth-order valence-corrected chi connectivity index (χ4v) is 1.74. The van der Waals surface area contributed by atoms with Crippen molar-refractivity contribution in [2.45, 2.75) is 26.2 Å². The first kappa shape index (κ1) is 13.4. The second-order valence-electron chi connectivity index (χ2n) is 4.13. The highest BCUT2D eigenvalue weighted by atomic mass is 16.5. The molecule has 0 saturated carbocycles. The molecule has 0 radical (unpaired) electrons. The van der Waals surface area contributed by atoms with Crippen LogP contribution in [-0.4, -0.2) is 25.3 Å². The lowest BCUT2D eigenvalue weighted by molar-refractivity contribution is -0.136. The van der Waals surface area contributed by atoms with Gasteiger partial charge in [-0.1, -0.05) is 13.8 Å². The van der Waals surface area contributed by atoms with E-state index in [-0.39, 0.29) is 12.3 Å². The number of carboxylic acid groups (broad SMARTS) is 1. The zero-order valence-corrected chi connectivity index (χ0v) is 10.6. The number of hydrogen-bond donors (Lipinski definition) is 1. The Morgan fingerprint density at radius 1 is 1.24 bits per heavy atom. The van der Waals surface area contributed by atoms with Crippen molar-refractivity contribution in [1.82, 2.24) is 0 Å². The summed E-state index contributed by atoms with van der Waals surface area (Å²) in [6.07, 6.45) is -0.0487. The van der Waals surface area contributed by atoms with E-state index in [4.69, 9.17) is 14.6 Å². The molecule has 0 aliphatic rings. The summed E-state index contributed by atoms with van der Waals surface area (Å²) in [5.74, 6) is 0.672. The molecule has 0 atom stereocenters. The van der Waals surface area contributed by atoms with Crippen molar-refractivity contribution < 1.29 is 19.4 Å². The molecule has 0 aliphatic carbocycles. The van der Waals surface area contributed by atoms with Gasteiger partial charge in [-0.05, 0) is 17.5 Å². The van der Waals surface area contributed by atoms with Gasteiger partial charge in [-0.2, -0.15) is 0 Å². The van der Waals surface area contributed by atoms with Gasteiger partial charge in [-0.25, -0.2) is 0 Å². The molecule has 0 amide bonds. The lowest BCUT2D eigenvalue weighted by Gasteiger charge is -2.16. The van der Waals surface area contributed by atoms with E-state index in [1.807, 2.05) is 19.9 Å². The van der Waals surface area contributed by atoms with Crippen molar-refractivity contribution >= 4 is 5.97 Å². The first-order chi connectivity index (χ1) is 7.99. The monoisotopic (exact) mass is 238 g/mol. The van der Waals surface area contributed by atoms with Crippen molar-refractivity contribution in [3.8, 4) is 11.5 Å². The number of benzene rings is 1. The molecule has 1 N–H and O–H groups in total. The fourth-order valence-electron chi connectivity index (χ4n) is 1.74. The Morgan fingerprint density at radius 3 is 2.24 bits per heavy atom. The molecule has 1 aromatic carbocycles. The van der Waals surface area contributed by atoms with Gasteiger partial charge in [0.05, 0.1) is 20.6 Å². The third kappa shape index (κ3) is 3.12. The summed E-state index contributed by atoms with van der Waals surface area (Å²) in [7, 11) is 3.12. The molecule has 17 heavy (non-hydrogen) atoms. The Balaban J connectivity index is 3.28. The van der Waals surface area contributed by atoms with Gasteiger partial charge in [0.1, 0.15) is 11.5 Å². The molecule has 0 spiro atoms. The molecular formula is C13H18O4. The smallest absolute Gasteiger partial charge is 0.307 e. The molecule has 0 saturated heterocycles. The molecule has 1 rings (SSSR count). The van der Waals surface area contributed by atoms with Crippen LogP contribution in [0.1, 0.15) is 30.9 Å². The predicted octanol–water partition coefficient (Wildman–Crippen LogP) is 2.45. The highest BCUT2D eigenvalue weighted by Gasteiger charge is 2.15. The largest absolute Gasteiger partial charge is 0.496 e. The van der Waals surface area contributed by atoms with Gasteiger partial charge in [0.15, 0.2) is 0 Å². The molecule has 94 valence electrons. The summed E-state index contributed by atoms with van der Waals surface area (Å²) >= 11 is 0. The van der Waals surface area contributed by atoms with E-state index in [2.05, 4.69) is 0 Å². The van der Waals surface area contributed by atoms with Gasteiger partial charge in [0.25, 0.3) is 0 Å². The predicted molar refractivity (Wildman–Crippen MR) is 65.0 cm³/mol. The van der Waals surface area contributed by atoms with E-state index in [9.17, 15) is 4.79 Å². The maximum atomic E-state index is 10.8. The van der Waals surface area contributed by atoms with E-state index in [0.29, 0.717) is 11.3 Å². The van der Waals surface area contributed by atoms with Crippen LogP contribution in [0.4, 0.5) is 0 Å². The quantitative estimate of drug-likeness (QED) is 0.856. The molecule has 0 heterocycles. The van der Waals surface area contributed by atoms with Crippen LogP contribution in [0.15, 0.2) is 12.1 Å². The third-order valence-electron chi connectivity index (χ3n) is 2.60. The lowest BCUT2D eigenvalue weighted by atomic mass is 9.97. The van der Waals surface area contributed by atoms with Gasteiger partial charge in [-0.15, -0.1) is 0 Å². The second-order valence-corrected chi connectivity index (χ2v) is 4.13. The van der Waals surface area contributed by atoms with Crippen LogP contribution in [-0.2, 0) is 11.2 Å². The molecule has 4 nitrogen and oxygen atoms in total. The molecule has 0 bridgehead atoms. The van der Waals surface area contributed by atoms with Crippen molar-refractivity contribution in [1.29, 1.82) is 0 Å². The topological polar surface area (TPSA) is 55.8 Å². The number of carbonyl (C=O) groups is 1. The van der Waals surface area contributed by atoms with E-state index >= 15 is 0 Å². The number of aliphatic carboxylic acids is 1. The normalized spacial score (nSPS) is 10.4. The number of rotatable bonds is 5. The minimum absolute atomic E-state index is 0.0487. The fraction of sp³-hybridized carbons (Fsp3) is 0.462. The SMILES string of the molecule is COc1cc(OC)c(C(C)C)cc1CC(=O)O. The minimum atomic E-state index is -0.872. The van der Waals surface area contributed by atoms with Gasteiger partial charge in [-0.3, -0.25) is 4.79 Å². The Labute approximate surface area is 101 Å². The van der Waals surface area contributed by atoms with Crippen LogP contribution >= 0.6 is 0 Å². The molecule has 1 aromatic rings. The van der Waals surface area contributed by atoms with Crippen molar-refractivity contribution in [3.63, 3.8) is 0 Å². The van der Waals surface area contributed by atoms with E-state index in [1.165, 1.54) is 7.11 Å². The standard InChI is InChI=1S/C13H18O4/c1-8(2)10-5-9(6-13(14)15)11(16-3)7-12(10)17-4/h5,7-8H,6H2,1-4H3,(H,14,15). The highest BCUT2D eigenvalue weighted by molar-refractivity contribution is 5.72. The molecule has 4 heteroatoms. The molecule has 0 unspecified atom stereocenters. The average molecular weight is 238 g/mol. The number of ether oxygens (including phenoxy) is 2. The Kier molecular flexibility index (Phi) is 4.37. The van der Waals surface area contributed by atoms with E-state index in [1.54, 1.807) is 13.2 Å². The third-order valence-corrected chi connectivity index (χ3v) is 2.60. The van der Waals surface area contributed by atoms with Crippen LogP contribution < -0.4 is 9.47 Å². The lowest BCUT2D eigenvalue weighted by Crippen LogP contribution is -2.05. The summed E-state index contributed by atoms with van der Waals surface area (Å²) < 4.78 is 10.5. The van der Waals surface area contributed by atoms with E-state index in [0.717, 1.165) is 11.3 Å². The van der Waals surface area contributed by atoms with Crippen LogP contribution in [0.2, 0.25) is 0 Å². The molecular weight excluding hydrogens is 220 g/mol. The zero-order valence-electron chi connectivity index (χ0n) is 10.6. The van der Waals surface area contributed by atoms with Gasteiger partial charge < -0.3 is 14.6 Å². The van der Waals surface area contributed by atoms with E-state index < -0.39 is 5.97 Å². The minimum Gasteiger partial charge on any atom is -0.496 e. The number of hydrogen-bond acceptors (Lipinski definition) is 3. The Bertz CT molecular complexity index is 410. The Hall–Kier alpha value is -1.71. The van der Waals surface area contributed by atoms with Crippen LogP contribution in [0.5, 0.6) is 11.5 Å². The van der Waals surface area contributed by atoms with Crippen molar-refractivity contribution in [3.05, 3.63) is 23.3 Å². The average Bonchev–Trinajstić information content (AvgIpc) is 2.27. The molecule has 0 fully saturated rings. The summed E-state index contributed by atoms with van der Waals surface area (Å²) in [6, 6.07) is 3.59. The van der Waals surface area contributed by atoms with Crippen LogP contribution in [0.3, 0.4) is 0 Å². The van der Waals surface area contributed by atoms with Crippen molar-refractivity contribution in [2.24, 2.45) is 0 Å². The summed E-state index contributed by atoms with van der Waals surface area (Å²) in [6.45, 7) is 4.07. The van der Waals surface area contributed by atoms with Gasteiger partial charge in [0.2, 0.25) is 0 Å². The number of carboxylic acids is 1. The van der Waals surface area contributed by atoms with Gasteiger partial charge in [0, 0.05) is 11.6 Å². The maximum absolute atomic E-state index is 10.8. The maximum Gasteiger partial charge on any atom is 0.307 e.